The third kappa shape index (κ3) is 2.26. The van der Waals surface area contributed by atoms with E-state index in [1.165, 1.54) is 19.2 Å². The number of H-pyrrole nitrogens is 1. The first-order valence-corrected chi connectivity index (χ1v) is 7.35. The Morgan fingerprint density at radius 2 is 2.00 bits per heavy atom. The van der Waals surface area contributed by atoms with Gasteiger partial charge in [0.2, 0.25) is 0 Å². The van der Waals surface area contributed by atoms with Gasteiger partial charge in [-0.3, -0.25) is 4.79 Å². The third-order valence-corrected chi connectivity index (χ3v) is 4.00. The summed E-state index contributed by atoms with van der Waals surface area (Å²) in [5, 5.41) is 10.3. The average Bonchev–Trinajstić information content (AvgIpc) is 2.27. The van der Waals surface area contributed by atoms with Crippen molar-refractivity contribution in [3.8, 4) is 11.5 Å². The van der Waals surface area contributed by atoms with Crippen molar-refractivity contribution in [2.75, 3.05) is 13.4 Å². The molecule has 0 bridgehead atoms. The zero-order valence-electron chi connectivity index (χ0n) is 10.0. The summed E-state index contributed by atoms with van der Waals surface area (Å²) in [7, 11) is -2.45. The normalized spacial score (nSPS) is 11.7. The predicted octanol–water partition coefficient (Wildman–Crippen LogP) is 1.30. The van der Waals surface area contributed by atoms with Gasteiger partial charge in [0, 0.05) is 17.7 Å². The molecule has 0 amide bonds. The molecule has 0 aliphatic rings. The van der Waals surface area contributed by atoms with Gasteiger partial charge in [-0.1, -0.05) is 11.6 Å². The zero-order valence-corrected chi connectivity index (χ0v) is 11.6. The van der Waals surface area contributed by atoms with E-state index in [2.05, 4.69) is 4.98 Å². The number of methoxy groups -OCH3 is 1. The Bertz CT molecular complexity index is 825. The van der Waals surface area contributed by atoms with E-state index in [0.29, 0.717) is 5.75 Å². The maximum atomic E-state index is 11.7. The van der Waals surface area contributed by atoms with Crippen molar-refractivity contribution in [3.05, 3.63) is 27.5 Å². The number of ether oxygens (including phenoxy) is 1. The van der Waals surface area contributed by atoms with Gasteiger partial charge in [0.15, 0.2) is 14.7 Å². The fourth-order valence-electron chi connectivity index (χ4n) is 1.76. The van der Waals surface area contributed by atoms with Crippen molar-refractivity contribution in [3.63, 3.8) is 0 Å². The molecule has 1 aromatic carbocycles. The summed E-state index contributed by atoms with van der Waals surface area (Å²) in [6.07, 6.45) is 0.842. The first-order valence-electron chi connectivity index (χ1n) is 5.08. The van der Waals surface area contributed by atoms with Crippen LogP contribution in [0.4, 0.5) is 0 Å². The lowest BCUT2D eigenvalue weighted by molar-refractivity contribution is 0.415. The van der Waals surface area contributed by atoms with Gasteiger partial charge in [-0.2, -0.15) is 0 Å². The van der Waals surface area contributed by atoms with Crippen LogP contribution in [0.1, 0.15) is 0 Å². The Morgan fingerprint density at radius 1 is 1.37 bits per heavy atom. The smallest absolute Gasteiger partial charge is 0.271 e. The molecule has 0 atom stereocenters. The second-order valence-electron chi connectivity index (χ2n) is 3.94. The quantitative estimate of drug-likeness (QED) is 0.871. The predicted molar refractivity (Wildman–Crippen MR) is 70.9 cm³/mol. The summed E-state index contributed by atoms with van der Waals surface area (Å²) in [6.45, 7) is 0. The topological polar surface area (TPSA) is 96.5 Å². The van der Waals surface area contributed by atoms with E-state index in [4.69, 9.17) is 16.3 Å². The van der Waals surface area contributed by atoms with E-state index in [1.807, 2.05) is 0 Å². The number of nitrogens with one attached hydrogen (secondary N) is 1. The van der Waals surface area contributed by atoms with Crippen molar-refractivity contribution < 1.29 is 18.3 Å². The summed E-state index contributed by atoms with van der Waals surface area (Å²) >= 11 is 5.90. The molecule has 19 heavy (non-hydrogen) atoms. The number of pyridine rings is 1. The van der Waals surface area contributed by atoms with Crippen molar-refractivity contribution in [2.24, 2.45) is 0 Å². The van der Waals surface area contributed by atoms with Crippen LogP contribution in [0, 0.1) is 0 Å². The van der Waals surface area contributed by atoms with E-state index >= 15 is 0 Å². The van der Waals surface area contributed by atoms with Gasteiger partial charge in [-0.25, -0.2) is 8.42 Å². The molecule has 2 rings (SSSR count). The Balaban J connectivity index is 2.98. The number of aromatic amines is 1. The maximum absolute atomic E-state index is 11.7. The lowest BCUT2D eigenvalue weighted by Crippen LogP contribution is -2.17. The van der Waals surface area contributed by atoms with E-state index in [0.717, 1.165) is 6.26 Å². The molecule has 0 saturated carbocycles. The van der Waals surface area contributed by atoms with Crippen LogP contribution in [-0.4, -0.2) is 31.9 Å². The van der Waals surface area contributed by atoms with Crippen LogP contribution in [0.15, 0.2) is 21.8 Å². The number of hydrogen-bond donors (Lipinski definition) is 2. The molecule has 0 aliphatic heterocycles. The minimum atomic E-state index is -3.85. The largest absolute Gasteiger partial charge is 0.506 e. The van der Waals surface area contributed by atoms with Crippen LogP contribution in [0.5, 0.6) is 11.5 Å². The van der Waals surface area contributed by atoms with Gasteiger partial charge in [0.25, 0.3) is 5.56 Å². The third-order valence-electron chi connectivity index (χ3n) is 2.59. The van der Waals surface area contributed by atoms with E-state index in [9.17, 15) is 18.3 Å². The van der Waals surface area contributed by atoms with E-state index < -0.39 is 26.0 Å². The van der Waals surface area contributed by atoms with Gasteiger partial charge in [0.05, 0.1) is 17.6 Å². The number of benzene rings is 1. The van der Waals surface area contributed by atoms with Crippen molar-refractivity contribution >= 4 is 32.3 Å². The number of rotatable bonds is 2. The van der Waals surface area contributed by atoms with Gasteiger partial charge in [-0.15, -0.1) is 0 Å². The number of aromatic hydroxyl groups is 1. The molecular weight excluding hydrogens is 294 g/mol. The van der Waals surface area contributed by atoms with Crippen LogP contribution in [0.2, 0.25) is 5.02 Å². The molecular formula is C11H10ClNO5S. The minimum absolute atomic E-state index is 0.130. The molecule has 0 spiro atoms. The van der Waals surface area contributed by atoms with Crippen LogP contribution < -0.4 is 10.3 Å². The first kappa shape index (κ1) is 13.7. The van der Waals surface area contributed by atoms with Crippen molar-refractivity contribution in [1.82, 2.24) is 4.98 Å². The molecule has 1 heterocycles. The highest BCUT2D eigenvalue weighted by atomic mass is 35.5. The van der Waals surface area contributed by atoms with Crippen molar-refractivity contribution in [2.45, 2.75) is 4.90 Å². The molecule has 0 saturated heterocycles. The molecule has 102 valence electrons. The molecule has 0 radical (unpaired) electrons. The standard InChI is InChI=1S/C11H10ClNO5S/c1-18-8-4-7-5(3-6(8)12)9(14)10(11(15)13-7)19(2,16)17/h3-4H,1-2H3,(H2,13,14,15). The Kier molecular flexibility index (Phi) is 3.19. The van der Waals surface area contributed by atoms with Gasteiger partial charge < -0.3 is 14.8 Å². The number of sulfone groups is 1. The lowest BCUT2D eigenvalue weighted by Gasteiger charge is -2.09. The molecule has 1 aromatic heterocycles. The van der Waals surface area contributed by atoms with Crippen molar-refractivity contribution in [1.29, 1.82) is 0 Å². The lowest BCUT2D eigenvalue weighted by atomic mass is 10.2. The molecule has 0 unspecified atom stereocenters. The van der Waals surface area contributed by atoms with Crippen LogP contribution in [0.25, 0.3) is 10.9 Å². The minimum Gasteiger partial charge on any atom is -0.506 e. The SMILES string of the molecule is COc1cc2[nH]c(=O)c(S(C)(=O)=O)c(O)c2cc1Cl. The molecule has 2 aromatic rings. The highest BCUT2D eigenvalue weighted by Gasteiger charge is 2.21. The fraction of sp³-hybridized carbons (Fsp3) is 0.182. The van der Waals surface area contributed by atoms with Crippen LogP contribution in [-0.2, 0) is 9.84 Å². The summed E-state index contributed by atoms with van der Waals surface area (Å²) in [6, 6.07) is 2.74. The summed E-state index contributed by atoms with van der Waals surface area (Å²) in [5.74, 6) is -0.317. The summed E-state index contributed by atoms with van der Waals surface area (Å²) < 4.78 is 28.0. The maximum Gasteiger partial charge on any atom is 0.271 e. The number of halogens is 1. The van der Waals surface area contributed by atoms with Crippen LogP contribution >= 0.6 is 11.6 Å². The summed E-state index contributed by atoms with van der Waals surface area (Å²) in [5.41, 5.74) is -0.659. The number of aromatic nitrogens is 1. The second kappa shape index (κ2) is 4.43. The van der Waals surface area contributed by atoms with Gasteiger partial charge in [-0.05, 0) is 6.07 Å². The van der Waals surface area contributed by atoms with E-state index in [1.54, 1.807) is 0 Å². The summed E-state index contributed by atoms with van der Waals surface area (Å²) in [4.78, 5) is 13.4. The highest BCUT2D eigenvalue weighted by Crippen LogP contribution is 2.34. The molecule has 2 N–H and O–H groups in total. The molecule has 8 heteroatoms. The molecule has 6 nitrogen and oxygen atoms in total. The zero-order chi connectivity index (χ0) is 14.4. The Morgan fingerprint density at radius 3 is 2.53 bits per heavy atom. The Labute approximate surface area is 113 Å². The highest BCUT2D eigenvalue weighted by molar-refractivity contribution is 7.90. The number of hydrogen-bond acceptors (Lipinski definition) is 5. The monoisotopic (exact) mass is 303 g/mol. The molecule has 0 aliphatic carbocycles. The van der Waals surface area contributed by atoms with Gasteiger partial charge >= 0.3 is 0 Å². The first-order chi connectivity index (χ1) is 8.75. The van der Waals surface area contributed by atoms with E-state index in [-0.39, 0.29) is 15.9 Å². The second-order valence-corrected chi connectivity index (χ2v) is 6.30. The van der Waals surface area contributed by atoms with Gasteiger partial charge in [0.1, 0.15) is 11.5 Å². The fourth-order valence-corrected chi connectivity index (χ4v) is 2.85. The van der Waals surface area contributed by atoms with Crippen LogP contribution in [0.3, 0.4) is 0 Å². The Hall–Kier alpha value is -1.73. The average molecular weight is 304 g/mol. The molecule has 0 fully saturated rings. The number of fused-ring (bicyclic) bond motifs is 1.